The van der Waals surface area contributed by atoms with E-state index in [-0.39, 0.29) is 24.9 Å². The van der Waals surface area contributed by atoms with E-state index in [1.165, 1.54) is 6.42 Å². The fourth-order valence-corrected chi connectivity index (χ4v) is 4.97. The zero-order chi connectivity index (χ0) is 20.6. The molecule has 0 bridgehead atoms. The van der Waals surface area contributed by atoms with Gasteiger partial charge in [0, 0.05) is 24.8 Å². The fraction of sp³-hybridized carbons (Fsp3) is 0.864. The van der Waals surface area contributed by atoms with E-state index in [4.69, 9.17) is 28.4 Å². The molecule has 0 aromatic rings. The van der Waals surface area contributed by atoms with Gasteiger partial charge in [-0.2, -0.15) is 0 Å². The van der Waals surface area contributed by atoms with Crippen molar-refractivity contribution in [3.63, 3.8) is 0 Å². The van der Waals surface area contributed by atoms with E-state index in [9.17, 15) is 4.79 Å². The Morgan fingerprint density at radius 3 is 2.41 bits per heavy atom. The topological polar surface area (TPSA) is 72.5 Å². The van der Waals surface area contributed by atoms with Crippen molar-refractivity contribution in [1.29, 1.82) is 0 Å². The maximum Gasteiger partial charge on any atom is 0.333 e. The van der Waals surface area contributed by atoms with Crippen LogP contribution >= 0.6 is 0 Å². The first-order valence-corrected chi connectivity index (χ1v) is 11.1. The summed E-state index contributed by atoms with van der Waals surface area (Å²) in [4.78, 5) is 11.9. The van der Waals surface area contributed by atoms with E-state index in [0.717, 1.165) is 44.9 Å². The number of hydrogen-bond acceptors (Lipinski definition) is 7. The minimum absolute atomic E-state index is 0.0712. The molecule has 164 valence electrons. The Morgan fingerprint density at radius 1 is 1.03 bits per heavy atom. The molecule has 0 N–H and O–H groups in total. The van der Waals surface area contributed by atoms with Crippen LogP contribution < -0.4 is 0 Å². The Labute approximate surface area is 173 Å². The van der Waals surface area contributed by atoms with Gasteiger partial charge in [0.05, 0.1) is 0 Å². The number of hydrogen-bond donors (Lipinski definition) is 0. The largest absolute Gasteiger partial charge is 0.459 e. The minimum Gasteiger partial charge on any atom is -0.459 e. The molecule has 0 radical (unpaired) electrons. The summed E-state index contributed by atoms with van der Waals surface area (Å²) in [5.41, 5.74) is 0.356. The zero-order valence-electron chi connectivity index (χ0n) is 17.8. The van der Waals surface area contributed by atoms with Crippen molar-refractivity contribution in [2.45, 2.75) is 114 Å². The second-order valence-electron chi connectivity index (χ2n) is 8.77. The molecule has 1 spiro atoms. The van der Waals surface area contributed by atoms with Crippen LogP contribution in [-0.2, 0) is 33.2 Å². The lowest BCUT2D eigenvalue weighted by atomic mass is 9.94. The van der Waals surface area contributed by atoms with Crippen LogP contribution in [0.25, 0.3) is 0 Å². The van der Waals surface area contributed by atoms with Crippen LogP contribution in [0.15, 0.2) is 12.2 Å². The molecule has 0 aromatic carbocycles. The van der Waals surface area contributed by atoms with Gasteiger partial charge in [0.15, 0.2) is 17.9 Å². The van der Waals surface area contributed by atoms with Crippen molar-refractivity contribution in [2.24, 2.45) is 0 Å². The maximum atomic E-state index is 11.9. The van der Waals surface area contributed by atoms with Crippen LogP contribution in [0.2, 0.25) is 0 Å². The van der Waals surface area contributed by atoms with Gasteiger partial charge < -0.3 is 28.4 Å². The molecule has 0 amide bonds. The normalized spacial score (nSPS) is 40.4. The van der Waals surface area contributed by atoms with Crippen LogP contribution in [-0.4, -0.2) is 54.9 Å². The summed E-state index contributed by atoms with van der Waals surface area (Å²) >= 11 is 0. The first-order valence-electron chi connectivity index (χ1n) is 11.1. The quantitative estimate of drug-likeness (QED) is 0.489. The molecule has 1 saturated carbocycles. The highest BCUT2D eigenvalue weighted by Crippen LogP contribution is 2.49. The first-order chi connectivity index (χ1) is 13.9. The van der Waals surface area contributed by atoms with Gasteiger partial charge >= 0.3 is 5.97 Å². The molecule has 3 aliphatic heterocycles. The van der Waals surface area contributed by atoms with Crippen LogP contribution in [0.5, 0.6) is 0 Å². The molecule has 0 aromatic heterocycles. The highest BCUT2D eigenvalue weighted by atomic mass is 16.9. The minimum atomic E-state index is -0.662. The van der Waals surface area contributed by atoms with E-state index in [1.807, 2.05) is 0 Å². The summed E-state index contributed by atoms with van der Waals surface area (Å²) < 4.78 is 37.4. The summed E-state index contributed by atoms with van der Waals surface area (Å²) in [6, 6.07) is 0. The number of ether oxygens (including phenoxy) is 6. The molecular formula is C22H34O7. The monoisotopic (exact) mass is 410 g/mol. The lowest BCUT2D eigenvalue weighted by Gasteiger charge is -2.36. The molecule has 4 fully saturated rings. The zero-order valence-corrected chi connectivity index (χ0v) is 17.8. The fourth-order valence-electron chi connectivity index (χ4n) is 4.97. The number of carbonyl (C=O) groups excluding carboxylic acids is 1. The van der Waals surface area contributed by atoms with Crippen molar-refractivity contribution in [3.05, 3.63) is 12.2 Å². The van der Waals surface area contributed by atoms with Gasteiger partial charge in [-0.25, -0.2) is 4.79 Å². The molecule has 1 unspecified atom stereocenters. The Hall–Kier alpha value is -0.990. The van der Waals surface area contributed by atoms with E-state index >= 15 is 0 Å². The van der Waals surface area contributed by atoms with Crippen LogP contribution in [0, 0.1) is 0 Å². The van der Waals surface area contributed by atoms with Gasteiger partial charge in [-0.1, -0.05) is 33.3 Å². The summed E-state index contributed by atoms with van der Waals surface area (Å²) in [7, 11) is 0. The Morgan fingerprint density at radius 2 is 1.76 bits per heavy atom. The third-order valence-electron chi connectivity index (χ3n) is 6.49. The molecule has 3 heterocycles. The molecule has 3 saturated heterocycles. The smallest absolute Gasteiger partial charge is 0.333 e. The van der Waals surface area contributed by atoms with E-state index in [1.54, 1.807) is 6.92 Å². The van der Waals surface area contributed by atoms with Crippen LogP contribution in [0.3, 0.4) is 0 Å². The third-order valence-corrected chi connectivity index (χ3v) is 6.49. The Bertz CT molecular complexity index is 629. The van der Waals surface area contributed by atoms with Crippen LogP contribution in [0.1, 0.15) is 72.1 Å². The SMILES string of the molecule is C=C(C)C(=O)OC[C@H]1O[C@@H]2OC3(CCCCC3)O[C@@H]2[C@H]2OC(CC)(CCC)O[C@H]21. The molecule has 29 heavy (non-hydrogen) atoms. The average molecular weight is 411 g/mol. The predicted octanol–water partition coefficient (Wildman–Crippen LogP) is 3.60. The van der Waals surface area contributed by atoms with Gasteiger partial charge in [0.25, 0.3) is 0 Å². The molecule has 4 rings (SSSR count). The van der Waals surface area contributed by atoms with Crippen molar-refractivity contribution in [1.82, 2.24) is 0 Å². The Balaban J connectivity index is 1.55. The van der Waals surface area contributed by atoms with Crippen LogP contribution in [0.4, 0.5) is 0 Å². The third kappa shape index (κ3) is 4.00. The van der Waals surface area contributed by atoms with E-state index < -0.39 is 29.9 Å². The molecule has 6 atom stereocenters. The number of carbonyl (C=O) groups is 1. The standard InChI is InChI=1S/C22H34O7/c1-5-10-21(6-2)26-16-15(13-24-19(23)14(3)4)25-20-18(17(16)27-21)28-22(29-20)11-8-7-9-12-22/h15-18,20H,3,5-13H2,1-2,4H3/t15-,16+,17+,18-,20-,21?/m1/s1. The maximum absolute atomic E-state index is 11.9. The second kappa shape index (κ2) is 8.27. The number of fused-ring (bicyclic) bond motifs is 3. The number of rotatable bonds is 6. The molecule has 7 nitrogen and oxygen atoms in total. The van der Waals surface area contributed by atoms with Gasteiger partial charge in [0.2, 0.25) is 0 Å². The Kier molecular flexibility index (Phi) is 6.06. The van der Waals surface area contributed by atoms with Gasteiger partial charge in [0.1, 0.15) is 31.0 Å². The second-order valence-corrected chi connectivity index (χ2v) is 8.77. The molecule has 4 aliphatic rings. The predicted molar refractivity (Wildman–Crippen MR) is 104 cm³/mol. The summed E-state index contributed by atoms with van der Waals surface area (Å²) in [6.45, 7) is 9.52. The molecule has 1 aliphatic carbocycles. The molecule has 7 heteroatoms. The van der Waals surface area contributed by atoms with Gasteiger partial charge in [-0.05, 0) is 26.2 Å². The average Bonchev–Trinajstić information content (AvgIpc) is 3.25. The summed E-state index contributed by atoms with van der Waals surface area (Å²) in [5, 5.41) is 0. The van der Waals surface area contributed by atoms with Gasteiger partial charge in [-0.3, -0.25) is 0 Å². The highest BCUT2D eigenvalue weighted by Gasteiger charge is 2.63. The summed E-state index contributed by atoms with van der Waals surface area (Å²) in [6.07, 6.45) is 5.53. The molecular weight excluding hydrogens is 376 g/mol. The van der Waals surface area contributed by atoms with Crippen molar-refractivity contribution in [3.8, 4) is 0 Å². The van der Waals surface area contributed by atoms with Crippen molar-refractivity contribution < 1.29 is 33.2 Å². The van der Waals surface area contributed by atoms with Gasteiger partial charge in [-0.15, -0.1) is 0 Å². The van der Waals surface area contributed by atoms with Crippen molar-refractivity contribution in [2.75, 3.05) is 6.61 Å². The highest BCUT2D eigenvalue weighted by molar-refractivity contribution is 5.86. The van der Waals surface area contributed by atoms with E-state index in [2.05, 4.69) is 20.4 Å². The van der Waals surface area contributed by atoms with Crippen molar-refractivity contribution >= 4 is 5.97 Å². The van der Waals surface area contributed by atoms with E-state index in [0.29, 0.717) is 5.57 Å². The lowest BCUT2D eigenvalue weighted by Crippen LogP contribution is -2.56. The number of esters is 1. The first kappa shape index (κ1) is 21.2. The lowest BCUT2D eigenvalue weighted by molar-refractivity contribution is -0.254. The summed E-state index contributed by atoms with van der Waals surface area (Å²) in [5.74, 6) is -1.69.